The van der Waals surface area contributed by atoms with Crippen LogP contribution in [0.2, 0.25) is 0 Å². The van der Waals surface area contributed by atoms with Crippen LogP contribution < -0.4 is 0 Å². The summed E-state index contributed by atoms with van der Waals surface area (Å²) in [7, 11) is 0. The molecule has 0 atom stereocenters. The molecule has 3 heteroatoms. The van der Waals surface area contributed by atoms with E-state index < -0.39 is 0 Å². The SMILES string of the molecule is CC(C)=Nc1cc(C)[nH]n1. The molecule has 0 fully saturated rings. The molecular formula is C7H11N3. The van der Waals surface area contributed by atoms with Gasteiger partial charge in [0, 0.05) is 17.5 Å². The van der Waals surface area contributed by atoms with Gasteiger partial charge in [0.25, 0.3) is 0 Å². The Morgan fingerprint density at radius 3 is 2.70 bits per heavy atom. The van der Waals surface area contributed by atoms with Crippen LogP contribution in [-0.4, -0.2) is 15.9 Å². The van der Waals surface area contributed by atoms with E-state index in [2.05, 4.69) is 15.2 Å². The van der Waals surface area contributed by atoms with Crippen molar-refractivity contribution >= 4 is 11.5 Å². The lowest BCUT2D eigenvalue weighted by Gasteiger charge is -1.83. The molecule has 0 saturated heterocycles. The van der Waals surface area contributed by atoms with Crippen molar-refractivity contribution in [1.82, 2.24) is 10.2 Å². The lowest BCUT2D eigenvalue weighted by atomic mass is 10.4. The molecule has 0 aliphatic carbocycles. The molecular weight excluding hydrogens is 126 g/mol. The molecule has 1 N–H and O–H groups in total. The van der Waals surface area contributed by atoms with Gasteiger partial charge in [-0.1, -0.05) is 0 Å². The first-order valence-corrected chi connectivity index (χ1v) is 3.22. The molecule has 0 saturated carbocycles. The highest BCUT2D eigenvalue weighted by molar-refractivity contribution is 5.81. The van der Waals surface area contributed by atoms with Crippen molar-refractivity contribution < 1.29 is 0 Å². The third-order valence-electron chi connectivity index (χ3n) is 1.03. The number of aromatic amines is 1. The summed E-state index contributed by atoms with van der Waals surface area (Å²) in [5.41, 5.74) is 2.06. The van der Waals surface area contributed by atoms with Crippen LogP contribution in [0.25, 0.3) is 0 Å². The third-order valence-corrected chi connectivity index (χ3v) is 1.03. The monoisotopic (exact) mass is 137 g/mol. The van der Waals surface area contributed by atoms with Gasteiger partial charge in [0.2, 0.25) is 0 Å². The van der Waals surface area contributed by atoms with E-state index in [0.29, 0.717) is 0 Å². The lowest BCUT2D eigenvalue weighted by molar-refractivity contribution is 1.04. The molecule has 0 aromatic carbocycles. The third kappa shape index (κ3) is 1.69. The summed E-state index contributed by atoms with van der Waals surface area (Å²) in [4.78, 5) is 4.15. The predicted molar refractivity (Wildman–Crippen MR) is 41.8 cm³/mol. The molecule has 0 radical (unpaired) electrons. The van der Waals surface area contributed by atoms with Crippen LogP contribution in [0.1, 0.15) is 19.5 Å². The number of nitrogens with one attached hydrogen (secondary N) is 1. The maximum Gasteiger partial charge on any atom is 0.173 e. The zero-order chi connectivity index (χ0) is 7.56. The van der Waals surface area contributed by atoms with Crippen molar-refractivity contribution in [1.29, 1.82) is 0 Å². The van der Waals surface area contributed by atoms with E-state index in [4.69, 9.17) is 0 Å². The zero-order valence-corrected chi connectivity index (χ0v) is 6.47. The van der Waals surface area contributed by atoms with Crippen LogP contribution in [0.3, 0.4) is 0 Å². The van der Waals surface area contributed by atoms with Gasteiger partial charge in [-0.3, -0.25) is 5.10 Å². The Hall–Kier alpha value is -1.12. The number of aromatic nitrogens is 2. The van der Waals surface area contributed by atoms with Crippen LogP contribution in [0.4, 0.5) is 5.82 Å². The van der Waals surface area contributed by atoms with E-state index in [1.165, 1.54) is 0 Å². The second kappa shape index (κ2) is 2.64. The fraction of sp³-hybridized carbons (Fsp3) is 0.429. The number of aryl methyl sites for hydroxylation is 1. The van der Waals surface area contributed by atoms with Gasteiger partial charge < -0.3 is 0 Å². The van der Waals surface area contributed by atoms with Crippen LogP contribution >= 0.6 is 0 Å². The summed E-state index contributed by atoms with van der Waals surface area (Å²) >= 11 is 0. The molecule has 1 aromatic heterocycles. The van der Waals surface area contributed by atoms with Gasteiger partial charge in [0.05, 0.1) is 0 Å². The van der Waals surface area contributed by atoms with Crippen molar-refractivity contribution in [2.45, 2.75) is 20.8 Å². The van der Waals surface area contributed by atoms with E-state index in [-0.39, 0.29) is 0 Å². The Bertz CT molecular complexity index is 243. The normalized spacial score (nSPS) is 9.50. The first-order chi connectivity index (χ1) is 4.68. The average molecular weight is 137 g/mol. The molecule has 0 amide bonds. The summed E-state index contributed by atoms with van der Waals surface area (Å²) in [6.07, 6.45) is 0. The van der Waals surface area contributed by atoms with E-state index >= 15 is 0 Å². The summed E-state index contributed by atoms with van der Waals surface area (Å²) in [5, 5.41) is 6.76. The molecule has 54 valence electrons. The number of rotatable bonds is 1. The Morgan fingerprint density at radius 1 is 1.60 bits per heavy atom. The molecule has 1 heterocycles. The van der Waals surface area contributed by atoms with Gasteiger partial charge in [-0.05, 0) is 20.8 Å². The van der Waals surface area contributed by atoms with Gasteiger partial charge in [-0.2, -0.15) is 5.10 Å². The summed E-state index contributed by atoms with van der Waals surface area (Å²) in [5.74, 6) is 0.762. The van der Waals surface area contributed by atoms with E-state index in [9.17, 15) is 0 Å². The number of aliphatic imine (C=N–C) groups is 1. The maximum atomic E-state index is 4.15. The van der Waals surface area contributed by atoms with Gasteiger partial charge in [-0.15, -0.1) is 0 Å². The average Bonchev–Trinajstić information content (AvgIpc) is 2.13. The zero-order valence-electron chi connectivity index (χ0n) is 6.47. The van der Waals surface area contributed by atoms with Crippen molar-refractivity contribution in [3.8, 4) is 0 Å². The molecule has 1 rings (SSSR count). The first-order valence-electron chi connectivity index (χ1n) is 3.22. The number of H-pyrrole nitrogens is 1. The van der Waals surface area contributed by atoms with E-state index in [1.807, 2.05) is 26.8 Å². The highest BCUT2D eigenvalue weighted by Crippen LogP contribution is 2.07. The van der Waals surface area contributed by atoms with Crippen LogP contribution in [0, 0.1) is 6.92 Å². The molecule has 0 aliphatic heterocycles. The van der Waals surface area contributed by atoms with Crippen molar-refractivity contribution in [2.24, 2.45) is 4.99 Å². The number of nitrogens with zero attached hydrogens (tertiary/aromatic N) is 2. The summed E-state index contributed by atoms with van der Waals surface area (Å²) < 4.78 is 0. The molecule has 0 unspecified atom stereocenters. The van der Waals surface area contributed by atoms with Gasteiger partial charge in [0.15, 0.2) is 5.82 Å². The highest BCUT2D eigenvalue weighted by Gasteiger charge is 1.92. The quantitative estimate of drug-likeness (QED) is 0.589. The second-order valence-electron chi connectivity index (χ2n) is 2.47. The molecule has 0 bridgehead atoms. The Kier molecular flexibility index (Phi) is 1.85. The van der Waals surface area contributed by atoms with Crippen LogP contribution in [0.15, 0.2) is 11.1 Å². The van der Waals surface area contributed by atoms with Crippen molar-refractivity contribution in [3.63, 3.8) is 0 Å². The number of hydrogen-bond acceptors (Lipinski definition) is 2. The van der Waals surface area contributed by atoms with Crippen molar-refractivity contribution in [3.05, 3.63) is 11.8 Å². The largest absolute Gasteiger partial charge is 0.281 e. The summed E-state index contributed by atoms with van der Waals surface area (Å²) in [6.45, 7) is 5.85. The van der Waals surface area contributed by atoms with Crippen LogP contribution in [-0.2, 0) is 0 Å². The van der Waals surface area contributed by atoms with Crippen LogP contribution in [0.5, 0.6) is 0 Å². The second-order valence-corrected chi connectivity index (χ2v) is 2.47. The Labute approximate surface area is 60.2 Å². The Morgan fingerprint density at radius 2 is 2.30 bits per heavy atom. The minimum absolute atomic E-state index is 0.762. The highest BCUT2D eigenvalue weighted by atomic mass is 15.2. The molecule has 3 nitrogen and oxygen atoms in total. The molecule has 10 heavy (non-hydrogen) atoms. The molecule has 1 aromatic rings. The minimum atomic E-state index is 0.762. The topological polar surface area (TPSA) is 41.0 Å². The Balaban J connectivity index is 2.86. The van der Waals surface area contributed by atoms with E-state index in [1.54, 1.807) is 0 Å². The molecule has 0 aliphatic rings. The van der Waals surface area contributed by atoms with Crippen molar-refractivity contribution in [2.75, 3.05) is 0 Å². The smallest absolute Gasteiger partial charge is 0.173 e. The predicted octanol–water partition coefficient (Wildman–Crippen LogP) is 1.83. The fourth-order valence-electron chi connectivity index (χ4n) is 0.690. The van der Waals surface area contributed by atoms with Gasteiger partial charge in [-0.25, -0.2) is 4.99 Å². The first kappa shape index (κ1) is 6.99. The molecule has 0 spiro atoms. The van der Waals surface area contributed by atoms with Gasteiger partial charge in [0.1, 0.15) is 0 Å². The van der Waals surface area contributed by atoms with Gasteiger partial charge >= 0.3 is 0 Å². The van der Waals surface area contributed by atoms with E-state index in [0.717, 1.165) is 17.2 Å². The standard InChI is InChI=1S/C7H11N3/c1-5(2)8-7-4-6(3)9-10-7/h4H,1-3H3,(H,9,10). The summed E-state index contributed by atoms with van der Waals surface area (Å²) in [6, 6.07) is 1.91. The minimum Gasteiger partial charge on any atom is -0.281 e. The maximum absolute atomic E-state index is 4.15. The fourth-order valence-corrected chi connectivity index (χ4v) is 0.690. The lowest BCUT2D eigenvalue weighted by Crippen LogP contribution is -1.77. The number of hydrogen-bond donors (Lipinski definition) is 1.